The van der Waals surface area contributed by atoms with Crippen LogP contribution in [0.15, 0.2) is 30.3 Å². The molecule has 0 bridgehead atoms. The zero-order valence-electron chi connectivity index (χ0n) is 8.83. The Kier molecular flexibility index (Phi) is 58.1. The Morgan fingerprint density at radius 1 is 0.750 bits per heavy atom. The van der Waals surface area contributed by atoms with Crippen LogP contribution in [-0.4, -0.2) is 0 Å². The second-order valence-electron chi connectivity index (χ2n) is 1.08. The molecule has 0 aromatic heterocycles. The minimum absolute atomic E-state index is 0. The average molecular weight is 203 g/mol. The number of hydrogen-bond acceptors (Lipinski definition) is 0. The van der Waals surface area contributed by atoms with E-state index in [4.69, 9.17) is 0 Å². The monoisotopic (exact) mass is 203 g/mol. The van der Waals surface area contributed by atoms with Crippen LogP contribution in [0.1, 0.15) is 27.7 Å². The smallest absolute Gasteiger partial charge is 0.358 e. The first-order valence-corrected chi connectivity index (χ1v) is 3.91. The summed E-state index contributed by atoms with van der Waals surface area (Å²) in [6.45, 7) is 8.00. The fraction of sp³-hybridized carbons (Fsp3) is 0.364. The van der Waals surface area contributed by atoms with Crippen molar-refractivity contribution in [3.63, 3.8) is 0 Å². The van der Waals surface area contributed by atoms with Gasteiger partial charge in [0.15, 0.2) is 0 Å². The second kappa shape index (κ2) is 30.8. The minimum atomic E-state index is 0. The van der Waals surface area contributed by atoms with Gasteiger partial charge in [-0.1, -0.05) is 27.7 Å². The Balaban J connectivity index is -0.0000000480. The molecule has 0 amide bonds. The maximum Gasteiger partial charge on any atom is 2.00 e. The van der Waals surface area contributed by atoms with Gasteiger partial charge in [0.05, 0.1) is 0 Å². The van der Waals surface area contributed by atoms with Crippen molar-refractivity contribution >= 4 is 0 Å². The van der Waals surface area contributed by atoms with Crippen LogP contribution in [0.5, 0.6) is 0 Å². The fourth-order valence-corrected chi connectivity index (χ4v) is 0.342. The summed E-state index contributed by atoms with van der Waals surface area (Å²) in [6.07, 6.45) is 0. The van der Waals surface area contributed by atoms with Crippen LogP contribution in [0.25, 0.3) is 0 Å². The first kappa shape index (κ1) is 22.6. The third kappa shape index (κ3) is 22.6. The number of rotatable bonds is 0. The molecule has 0 saturated carbocycles. The first-order chi connectivity index (χ1) is 5.00. The zero-order valence-corrected chi connectivity index (χ0v) is 10.2. The van der Waals surface area contributed by atoms with Crippen LogP contribution in [0.4, 0.5) is 0 Å². The predicted molar refractivity (Wildman–Crippen MR) is 54.4 cm³/mol. The summed E-state index contributed by atoms with van der Waals surface area (Å²) in [4.78, 5) is 0. The Morgan fingerprint density at radius 2 is 1.08 bits per heavy atom. The van der Waals surface area contributed by atoms with E-state index in [0.29, 0.717) is 0 Å². The van der Waals surface area contributed by atoms with Gasteiger partial charge in [-0.05, 0) is 0 Å². The molecule has 1 heteroatoms. The largest absolute Gasteiger partial charge is 2.00 e. The third-order valence-electron chi connectivity index (χ3n) is 0.607. The molecule has 0 atom stereocenters. The van der Waals surface area contributed by atoms with Crippen molar-refractivity contribution in [2.45, 2.75) is 27.7 Å². The van der Waals surface area contributed by atoms with E-state index < -0.39 is 0 Å². The van der Waals surface area contributed by atoms with Crippen LogP contribution in [0, 0.1) is 13.5 Å². The van der Waals surface area contributed by atoms with Gasteiger partial charge in [0.2, 0.25) is 0 Å². The van der Waals surface area contributed by atoms with Gasteiger partial charge in [0.1, 0.15) is 0 Å². The summed E-state index contributed by atoms with van der Waals surface area (Å²) >= 11 is 0. The Bertz CT molecular complexity index is 76.9. The van der Waals surface area contributed by atoms with E-state index in [0.717, 1.165) is 0 Å². The van der Waals surface area contributed by atoms with E-state index >= 15 is 0 Å². The molecule has 0 N–H and O–H groups in total. The maximum atomic E-state index is 2.89. The summed E-state index contributed by atoms with van der Waals surface area (Å²) in [5.74, 6) is 0. The van der Waals surface area contributed by atoms with Crippen molar-refractivity contribution in [2.75, 3.05) is 0 Å². The van der Waals surface area contributed by atoms with Crippen LogP contribution in [0.3, 0.4) is 0 Å². The van der Waals surface area contributed by atoms with Crippen molar-refractivity contribution in [1.82, 2.24) is 0 Å². The third-order valence-corrected chi connectivity index (χ3v) is 0.607. The standard InChI is InChI=1S/C6H5.2C2H6.CH3.V/c1-2-4-6-5-3-1;2*1-2;;/h1-5H;2*1-2H3;1H3;/q-1;;;-1;+2. The Labute approximate surface area is 90.3 Å². The average Bonchev–Trinajstić information content (AvgIpc) is 2.14. The van der Waals surface area contributed by atoms with E-state index in [1.165, 1.54) is 0 Å². The molecule has 12 heavy (non-hydrogen) atoms. The van der Waals surface area contributed by atoms with E-state index in [2.05, 4.69) is 6.07 Å². The molecule has 0 fully saturated rings. The molecule has 0 spiro atoms. The molecule has 69 valence electrons. The topological polar surface area (TPSA) is 0 Å². The number of benzene rings is 1. The second-order valence-corrected chi connectivity index (χ2v) is 1.08. The normalized spacial score (nSPS) is 5.00. The Morgan fingerprint density at radius 3 is 1.17 bits per heavy atom. The number of hydrogen-bond donors (Lipinski definition) is 0. The van der Waals surface area contributed by atoms with Gasteiger partial charge in [-0.25, -0.2) is 0 Å². The van der Waals surface area contributed by atoms with Crippen molar-refractivity contribution in [3.8, 4) is 0 Å². The van der Waals surface area contributed by atoms with Gasteiger partial charge in [-0.2, -0.15) is 36.4 Å². The molecule has 1 aromatic carbocycles. The Hall–Kier alpha value is -0.196. The van der Waals surface area contributed by atoms with E-state index in [-0.39, 0.29) is 26.0 Å². The van der Waals surface area contributed by atoms with Crippen molar-refractivity contribution in [1.29, 1.82) is 0 Å². The summed E-state index contributed by atoms with van der Waals surface area (Å²) in [5, 5.41) is 0. The molecule has 0 aliphatic rings. The summed E-state index contributed by atoms with van der Waals surface area (Å²) in [7, 11) is 0. The van der Waals surface area contributed by atoms with Gasteiger partial charge < -0.3 is 7.43 Å². The first-order valence-electron chi connectivity index (χ1n) is 3.91. The van der Waals surface area contributed by atoms with Crippen molar-refractivity contribution in [3.05, 3.63) is 43.8 Å². The minimum Gasteiger partial charge on any atom is -0.358 e. The summed E-state index contributed by atoms with van der Waals surface area (Å²) < 4.78 is 0. The molecule has 0 nitrogen and oxygen atoms in total. The summed E-state index contributed by atoms with van der Waals surface area (Å²) in [5.41, 5.74) is 0. The molecular weight excluding hydrogens is 183 g/mol. The van der Waals surface area contributed by atoms with E-state index in [1.807, 2.05) is 58.0 Å². The molecule has 1 rings (SSSR count). The van der Waals surface area contributed by atoms with Gasteiger partial charge in [0.25, 0.3) is 0 Å². The van der Waals surface area contributed by atoms with Gasteiger partial charge >= 0.3 is 18.6 Å². The van der Waals surface area contributed by atoms with E-state index in [1.54, 1.807) is 0 Å². The van der Waals surface area contributed by atoms with Gasteiger partial charge in [-0.15, -0.1) is 0 Å². The van der Waals surface area contributed by atoms with Crippen molar-refractivity contribution < 1.29 is 18.6 Å². The molecular formula is C11H20V. The molecule has 0 aliphatic carbocycles. The summed E-state index contributed by atoms with van der Waals surface area (Å²) in [6, 6.07) is 12.5. The quantitative estimate of drug-likeness (QED) is 0.559. The van der Waals surface area contributed by atoms with Crippen LogP contribution in [-0.2, 0) is 18.6 Å². The fourth-order valence-electron chi connectivity index (χ4n) is 0.342. The van der Waals surface area contributed by atoms with Crippen LogP contribution < -0.4 is 0 Å². The molecule has 0 unspecified atom stereocenters. The van der Waals surface area contributed by atoms with Crippen LogP contribution in [0.2, 0.25) is 0 Å². The predicted octanol–water partition coefficient (Wildman–Crippen LogP) is 3.99. The molecule has 1 radical (unpaired) electrons. The van der Waals surface area contributed by atoms with Gasteiger partial charge in [0, 0.05) is 0 Å². The zero-order chi connectivity index (χ0) is 8.24. The van der Waals surface area contributed by atoms with Gasteiger partial charge in [-0.3, -0.25) is 0 Å². The molecule has 0 aliphatic heterocycles. The maximum absolute atomic E-state index is 2.89. The van der Waals surface area contributed by atoms with Crippen molar-refractivity contribution in [2.24, 2.45) is 0 Å². The molecule has 1 aromatic rings. The molecule has 0 heterocycles. The SMILES string of the molecule is CC.CC.[CH3-].[V+2].[c-]1ccccc1. The van der Waals surface area contributed by atoms with Crippen LogP contribution >= 0.6 is 0 Å². The molecule has 0 saturated heterocycles. The van der Waals surface area contributed by atoms with E-state index in [9.17, 15) is 0 Å².